The fourth-order valence-corrected chi connectivity index (χ4v) is 3.66. The van der Waals surface area contributed by atoms with Gasteiger partial charge in [-0.25, -0.2) is 0 Å². The maximum atomic E-state index is 12.6. The summed E-state index contributed by atoms with van der Waals surface area (Å²) in [4.78, 5) is 43.7. The van der Waals surface area contributed by atoms with Crippen molar-refractivity contribution in [2.45, 2.75) is 38.3 Å². The number of aliphatic hydroxyl groups excluding tert-OH is 1. The molecule has 10 heteroatoms. The van der Waals surface area contributed by atoms with Gasteiger partial charge in [-0.15, -0.1) is 0 Å². The van der Waals surface area contributed by atoms with Crippen molar-refractivity contribution in [3.8, 4) is 11.8 Å². The van der Waals surface area contributed by atoms with Gasteiger partial charge < -0.3 is 15.7 Å². The third kappa shape index (κ3) is 9.13. The van der Waals surface area contributed by atoms with Crippen molar-refractivity contribution in [1.82, 2.24) is 15.2 Å². The Balaban J connectivity index is 1.53. The van der Waals surface area contributed by atoms with Gasteiger partial charge in [0.2, 0.25) is 10.8 Å². The van der Waals surface area contributed by atoms with Crippen LogP contribution in [0.4, 0.5) is 5.69 Å². The van der Waals surface area contributed by atoms with Crippen molar-refractivity contribution < 1.29 is 19.5 Å². The molecular weight excluding hydrogens is 496 g/mol. The molecule has 0 unspecified atom stereocenters. The van der Waals surface area contributed by atoms with E-state index in [2.05, 4.69) is 37.5 Å². The van der Waals surface area contributed by atoms with Crippen molar-refractivity contribution in [2.75, 3.05) is 11.9 Å². The molecule has 3 rings (SSSR count). The molecule has 3 aromatic rings. The summed E-state index contributed by atoms with van der Waals surface area (Å²) in [5, 5.41) is 18.1. The van der Waals surface area contributed by atoms with E-state index >= 15 is 0 Å². The van der Waals surface area contributed by atoms with Gasteiger partial charge in [-0.05, 0) is 79.9 Å². The predicted molar refractivity (Wildman–Crippen MR) is 145 cm³/mol. The highest BCUT2D eigenvalue weighted by atomic mass is 16.3. The number of Topliss-reactive ketones (excluding diaryl/α,β-unsaturated/α-hetero) is 1. The maximum Gasteiger partial charge on any atom is 0.251 e. The summed E-state index contributed by atoms with van der Waals surface area (Å²) in [6.07, 6.45) is 5.48. The standard InChI is InChI=1S/C29H28N6O4/c1-20(34-35-30)28(26(37)19-36)33-29(39)24-13-9-21(10-14-24)7-8-22-11-15-25(16-12-22)32-27(38)6-2-4-23-5-3-17-31-18-23/h3,5,9-18,20,28,30,36H,2,4,6,19H2,1H3,(H-,32,33,38,39)/p+1/t20-,28+/m1/s1. The highest BCUT2D eigenvalue weighted by Gasteiger charge is 2.29. The van der Waals surface area contributed by atoms with Gasteiger partial charge in [-0.1, -0.05) is 17.9 Å². The summed E-state index contributed by atoms with van der Waals surface area (Å²) < 4.78 is 0. The summed E-state index contributed by atoms with van der Waals surface area (Å²) in [5.41, 5.74) is 10.4. The lowest BCUT2D eigenvalue weighted by Crippen LogP contribution is -2.48. The second-order valence-electron chi connectivity index (χ2n) is 8.70. The van der Waals surface area contributed by atoms with E-state index in [9.17, 15) is 14.4 Å². The maximum absolute atomic E-state index is 12.6. The number of pyridine rings is 1. The Morgan fingerprint density at radius 2 is 1.72 bits per heavy atom. The van der Waals surface area contributed by atoms with E-state index in [1.165, 1.54) is 6.92 Å². The van der Waals surface area contributed by atoms with Crippen molar-refractivity contribution in [1.29, 1.82) is 5.53 Å². The van der Waals surface area contributed by atoms with Gasteiger partial charge in [0.25, 0.3) is 5.91 Å². The molecule has 4 N–H and O–H groups in total. The third-order valence-corrected chi connectivity index (χ3v) is 5.77. The molecule has 39 heavy (non-hydrogen) atoms. The minimum absolute atomic E-state index is 0.0517. The highest BCUT2D eigenvalue weighted by Crippen LogP contribution is 2.12. The fourth-order valence-electron chi connectivity index (χ4n) is 3.66. The number of rotatable bonds is 11. The van der Waals surface area contributed by atoms with Gasteiger partial charge in [0, 0.05) is 41.2 Å². The van der Waals surface area contributed by atoms with Crippen LogP contribution in [0.1, 0.15) is 46.8 Å². The van der Waals surface area contributed by atoms with Crippen molar-refractivity contribution in [3.63, 3.8) is 0 Å². The molecule has 198 valence electrons. The molecule has 2 amide bonds. The van der Waals surface area contributed by atoms with Crippen LogP contribution in [0, 0.1) is 17.4 Å². The molecule has 0 aliphatic carbocycles. The van der Waals surface area contributed by atoms with Crippen molar-refractivity contribution in [2.24, 2.45) is 5.11 Å². The monoisotopic (exact) mass is 525 g/mol. The Hall–Kier alpha value is -4.97. The number of aromatic nitrogens is 1. The average molecular weight is 526 g/mol. The van der Waals surface area contributed by atoms with E-state index in [1.54, 1.807) is 48.8 Å². The van der Waals surface area contributed by atoms with E-state index in [0.29, 0.717) is 23.2 Å². The van der Waals surface area contributed by atoms with E-state index in [1.807, 2.05) is 24.3 Å². The second-order valence-corrected chi connectivity index (χ2v) is 8.70. The predicted octanol–water partition coefficient (Wildman–Crippen LogP) is 3.04. The molecule has 0 aliphatic heterocycles. The largest absolute Gasteiger partial charge is 0.388 e. The zero-order valence-corrected chi connectivity index (χ0v) is 21.4. The lowest BCUT2D eigenvalue weighted by molar-refractivity contribution is -0.124. The Kier molecular flexibility index (Phi) is 10.8. The number of carbonyl (C=O) groups excluding carboxylic acids is 3. The summed E-state index contributed by atoms with van der Waals surface area (Å²) in [6.45, 7) is 0.749. The first-order valence-corrected chi connectivity index (χ1v) is 12.3. The Bertz CT molecular complexity index is 1390. The highest BCUT2D eigenvalue weighted by molar-refractivity contribution is 5.98. The molecule has 1 aromatic heterocycles. The topological polar surface area (TPSA) is 159 Å². The van der Waals surface area contributed by atoms with Gasteiger partial charge >= 0.3 is 0 Å². The first-order valence-electron chi connectivity index (χ1n) is 12.3. The minimum atomic E-state index is -1.10. The van der Waals surface area contributed by atoms with Gasteiger partial charge in [-0.2, -0.15) is 0 Å². The zero-order valence-electron chi connectivity index (χ0n) is 21.4. The lowest BCUT2D eigenvalue weighted by Gasteiger charge is -2.17. The minimum Gasteiger partial charge on any atom is -0.388 e. The molecule has 0 radical (unpaired) electrons. The quantitative estimate of drug-likeness (QED) is 0.172. The molecule has 2 atom stereocenters. The van der Waals surface area contributed by atoms with Crippen LogP contribution in [-0.2, 0) is 16.0 Å². The molecule has 2 aromatic carbocycles. The summed E-state index contributed by atoms with van der Waals surface area (Å²) in [5.74, 6) is 4.86. The number of nitrogens with zero attached hydrogens (tertiary/aromatic N) is 3. The van der Waals surface area contributed by atoms with Crippen LogP contribution in [-0.4, -0.2) is 46.4 Å². The second kappa shape index (κ2) is 14.7. The van der Waals surface area contributed by atoms with E-state index < -0.39 is 30.4 Å². The molecule has 0 saturated heterocycles. The van der Waals surface area contributed by atoms with Crippen LogP contribution >= 0.6 is 0 Å². The van der Waals surface area contributed by atoms with E-state index in [0.717, 1.165) is 24.0 Å². The fraction of sp³-hybridized carbons (Fsp3) is 0.241. The number of aryl methyl sites for hydroxylation is 1. The number of hydrogen-bond acceptors (Lipinski definition) is 7. The van der Waals surface area contributed by atoms with Gasteiger partial charge in [0.1, 0.15) is 23.3 Å². The van der Waals surface area contributed by atoms with Crippen LogP contribution in [0.5, 0.6) is 0 Å². The number of ketones is 1. The SMILES string of the molecule is C[C@@H](N=[N+]=N)[C@H](NC(=O)c1ccc(C#Cc2ccc(NC(=O)CCCc3cccnc3)cc2)cc1)C(=O)CO. The molecule has 0 fully saturated rings. The Morgan fingerprint density at radius 3 is 2.31 bits per heavy atom. The van der Waals surface area contributed by atoms with Gasteiger partial charge in [0.05, 0.1) is 0 Å². The number of amides is 2. The first kappa shape index (κ1) is 28.6. The van der Waals surface area contributed by atoms with Gasteiger partial charge in [0.15, 0.2) is 11.8 Å². The van der Waals surface area contributed by atoms with Crippen molar-refractivity contribution in [3.05, 3.63) is 95.3 Å². The van der Waals surface area contributed by atoms with Crippen LogP contribution in [0.2, 0.25) is 0 Å². The first-order chi connectivity index (χ1) is 18.9. The van der Waals surface area contributed by atoms with Crippen LogP contribution in [0.25, 0.3) is 0 Å². The summed E-state index contributed by atoms with van der Waals surface area (Å²) in [7, 11) is 0. The number of carbonyl (C=O) groups is 3. The zero-order chi connectivity index (χ0) is 28.0. The number of hydrogen-bond donors (Lipinski definition) is 4. The molecule has 0 aliphatic rings. The van der Waals surface area contributed by atoms with E-state index in [-0.39, 0.29) is 5.91 Å². The number of benzene rings is 2. The van der Waals surface area contributed by atoms with Crippen molar-refractivity contribution >= 4 is 23.3 Å². The van der Waals surface area contributed by atoms with Crippen LogP contribution in [0.3, 0.4) is 0 Å². The average Bonchev–Trinajstić information content (AvgIpc) is 2.96. The third-order valence-electron chi connectivity index (χ3n) is 5.77. The Labute approximate surface area is 226 Å². The lowest BCUT2D eigenvalue weighted by atomic mass is 10.0. The number of anilines is 1. The number of aliphatic hydroxyl groups is 1. The molecule has 10 nitrogen and oxygen atoms in total. The molecule has 0 spiro atoms. The summed E-state index contributed by atoms with van der Waals surface area (Å²) >= 11 is 0. The van der Waals surface area contributed by atoms with Crippen LogP contribution in [0.15, 0.2) is 78.2 Å². The Morgan fingerprint density at radius 1 is 1.05 bits per heavy atom. The van der Waals surface area contributed by atoms with Crippen LogP contribution < -0.4 is 15.5 Å². The molecule has 0 saturated carbocycles. The molecular formula is C29H29N6O4+. The normalized spacial score (nSPS) is 11.6. The van der Waals surface area contributed by atoms with Gasteiger partial charge in [-0.3, -0.25) is 19.4 Å². The molecule has 0 bridgehead atoms. The number of nitrogens with one attached hydrogen (secondary N) is 3. The van der Waals surface area contributed by atoms with E-state index in [4.69, 9.17) is 10.6 Å². The summed E-state index contributed by atoms with van der Waals surface area (Å²) in [6, 6.07) is 15.7. The molecule has 1 heterocycles. The smallest absolute Gasteiger partial charge is 0.251 e.